The predicted octanol–water partition coefficient (Wildman–Crippen LogP) is 0.645. The third-order valence-corrected chi connectivity index (χ3v) is 1.91. The first kappa shape index (κ1) is 8.25. The van der Waals surface area contributed by atoms with Crippen LogP contribution in [-0.4, -0.2) is 16.0 Å². The molecule has 1 saturated carbocycles. The zero-order valence-corrected chi connectivity index (χ0v) is 7.54. The van der Waals surface area contributed by atoms with Crippen LogP contribution in [0.1, 0.15) is 18.5 Å². The maximum atomic E-state index is 5.23. The highest BCUT2D eigenvalue weighted by molar-refractivity contribution is 5.43. The van der Waals surface area contributed by atoms with Gasteiger partial charge in [-0.25, -0.2) is 10.8 Å². The van der Waals surface area contributed by atoms with Gasteiger partial charge in [-0.2, -0.15) is 4.98 Å². The first-order chi connectivity index (χ1) is 6.28. The zero-order valence-electron chi connectivity index (χ0n) is 7.54. The molecule has 0 aromatic carbocycles. The molecule has 0 amide bonds. The van der Waals surface area contributed by atoms with Crippen molar-refractivity contribution in [2.75, 3.05) is 10.7 Å². The number of nitrogen functional groups attached to an aromatic ring is 1. The normalized spacial score (nSPS) is 15.5. The molecular weight excluding hydrogens is 166 g/mol. The van der Waals surface area contributed by atoms with Crippen LogP contribution in [0, 0.1) is 6.92 Å². The van der Waals surface area contributed by atoms with E-state index >= 15 is 0 Å². The van der Waals surface area contributed by atoms with Crippen molar-refractivity contribution in [3.63, 3.8) is 0 Å². The van der Waals surface area contributed by atoms with E-state index in [0.717, 1.165) is 11.5 Å². The number of hydrogen-bond donors (Lipinski definition) is 3. The minimum absolute atomic E-state index is 0.461. The average Bonchev–Trinajstić information content (AvgIpc) is 2.87. The zero-order chi connectivity index (χ0) is 9.26. The average molecular weight is 179 g/mol. The van der Waals surface area contributed by atoms with Crippen LogP contribution >= 0.6 is 0 Å². The Bertz CT molecular complexity index is 307. The molecule has 4 N–H and O–H groups in total. The molecule has 2 rings (SSSR count). The fraction of sp³-hybridized carbons (Fsp3) is 0.500. The van der Waals surface area contributed by atoms with Crippen molar-refractivity contribution in [2.24, 2.45) is 5.84 Å². The summed E-state index contributed by atoms with van der Waals surface area (Å²) in [5.41, 5.74) is 3.35. The molecule has 0 saturated heterocycles. The van der Waals surface area contributed by atoms with Gasteiger partial charge in [0, 0.05) is 17.8 Å². The Hall–Kier alpha value is -1.36. The van der Waals surface area contributed by atoms with Gasteiger partial charge in [-0.1, -0.05) is 0 Å². The van der Waals surface area contributed by atoms with E-state index in [2.05, 4.69) is 20.7 Å². The van der Waals surface area contributed by atoms with E-state index in [0.29, 0.717) is 12.0 Å². The first-order valence-electron chi connectivity index (χ1n) is 4.37. The standard InChI is InChI=1S/C8H13N5/c1-5-4-7(11-6-2-3-6)12-8(10-5)13-9/h4,6H,2-3,9H2,1H3,(H2,10,11,12,13). The molecule has 0 bridgehead atoms. The first-order valence-corrected chi connectivity index (χ1v) is 4.37. The van der Waals surface area contributed by atoms with Gasteiger partial charge in [0.2, 0.25) is 5.95 Å². The van der Waals surface area contributed by atoms with Crippen LogP contribution in [0.5, 0.6) is 0 Å². The summed E-state index contributed by atoms with van der Waals surface area (Å²) in [4.78, 5) is 8.27. The highest BCUT2D eigenvalue weighted by atomic mass is 15.3. The Morgan fingerprint density at radius 1 is 1.46 bits per heavy atom. The number of anilines is 2. The van der Waals surface area contributed by atoms with E-state index in [1.807, 2.05) is 13.0 Å². The molecule has 0 radical (unpaired) electrons. The minimum Gasteiger partial charge on any atom is -0.367 e. The summed E-state index contributed by atoms with van der Waals surface area (Å²) in [6.07, 6.45) is 2.46. The van der Waals surface area contributed by atoms with Crippen molar-refractivity contribution in [1.29, 1.82) is 0 Å². The van der Waals surface area contributed by atoms with Crippen molar-refractivity contribution < 1.29 is 0 Å². The summed E-state index contributed by atoms with van der Waals surface area (Å²) < 4.78 is 0. The summed E-state index contributed by atoms with van der Waals surface area (Å²) in [7, 11) is 0. The largest absolute Gasteiger partial charge is 0.367 e. The molecule has 70 valence electrons. The lowest BCUT2D eigenvalue weighted by molar-refractivity contribution is 1.04. The highest BCUT2D eigenvalue weighted by Crippen LogP contribution is 2.24. The molecule has 0 unspecified atom stereocenters. The Morgan fingerprint density at radius 2 is 2.23 bits per heavy atom. The highest BCUT2D eigenvalue weighted by Gasteiger charge is 2.21. The quantitative estimate of drug-likeness (QED) is 0.469. The van der Waals surface area contributed by atoms with E-state index in [1.54, 1.807) is 0 Å². The third-order valence-electron chi connectivity index (χ3n) is 1.91. The maximum absolute atomic E-state index is 5.23. The Morgan fingerprint density at radius 3 is 2.85 bits per heavy atom. The summed E-state index contributed by atoms with van der Waals surface area (Å²) in [5, 5.41) is 3.28. The second-order valence-corrected chi connectivity index (χ2v) is 3.28. The van der Waals surface area contributed by atoms with Gasteiger partial charge in [0.1, 0.15) is 5.82 Å². The van der Waals surface area contributed by atoms with Gasteiger partial charge in [-0.05, 0) is 19.8 Å². The number of aromatic nitrogens is 2. The van der Waals surface area contributed by atoms with Crippen LogP contribution < -0.4 is 16.6 Å². The lowest BCUT2D eigenvalue weighted by Gasteiger charge is -2.06. The minimum atomic E-state index is 0.461. The van der Waals surface area contributed by atoms with Crippen molar-refractivity contribution in [2.45, 2.75) is 25.8 Å². The van der Waals surface area contributed by atoms with Crippen LogP contribution in [0.3, 0.4) is 0 Å². The predicted molar refractivity (Wildman–Crippen MR) is 51.2 cm³/mol. The van der Waals surface area contributed by atoms with Gasteiger partial charge in [-0.3, -0.25) is 5.43 Å². The smallest absolute Gasteiger partial charge is 0.239 e. The van der Waals surface area contributed by atoms with Gasteiger partial charge >= 0.3 is 0 Å². The van der Waals surface area contributed by atoms with Crippen molar-refractivity contribution in [3.05, 3.63) is 11.8 Å². The van der Waals surface area contributed by atoms with Crippen molar-refractivity contribution in [3.8, 4) is 0 Å². The summed E-state index contributed by atoms with van der Waals surface area (Å²) in [6, 6.07) is 2.51. The van der Waals surface area contributed by atoms with E-state index in [-0.39, 0.29) is 0 Å². The van der Waals surface area contributed by atoms with Crippen LogP contribution in [0.15, 0.2) is 6.07 Å². The number of nitrogens with two attached hydrogens (primary N) is 1. The number of hydrazine groups is 1. The van der Waals surface area contributed by atoms with E-state index in [1.165, 1.54) is 12.8 Å². The second kappa shape index (κ2) is 3.18. The molecule has 0 spiro atoms. The molecule has 1 aliphatic carbocycles. The molecule has 0 aliphatic heterocycles. The Kier molecular flexibility index (Phi) is 2.02. The Labute approximate surface area is 76.7 Å². The van der Waals surface area contributed by atoms with Gasteiger partial charge in [0.25, 0.3) is 0 Å². The molecule has 1 heterocycles. The summed E-state index contributed by atoms with van der Waals surface area (Å²) in [5.74, 6) is 6.54. The lowest BCUT2D eigenvalue weighted by atomic mass is 10.4. The fourth-order valence-electron chi connectivity index (χ4n) is 1.14. The number of nitrogens with zero attached hydrogens (tertiary/aromatic N) is 2. The molecular formula is C8H13N5. The van der Waals surface area contributed by atoms with Crippen molar-refractivity contribution >= 4 is 11.8 Å². The molecule has 1 aliphatic rings. The molecule has 1 aromatic heterocycles. The van der Waals surface area contributed by atoms with Crippen LogP contribution in [0.4, 0.5) is 11.8 Å². The number of rotatable bonds is 3. The molecule has 1 fully saturated rings. The van der Waals surface area contributed by atoms with E-state index in [4.69, 9.17) is 5.84 Å². The number of nitrogens with one attached hydrogen (secondary N) is 2. The molecule has 1 aromatic rings. The van der Waals surface area contributed by atoms with Gasteiger partial charge in [-0.15, -0.1) is 0 Å². The maximum Gasteiger partial charge on any atom is 0.239 e. The number of aryl methyl sites for hydroxylation is 1. The molecule has 5 heteroatoms. The molecule has 13 heavy (non-hydrogen) atoms. The summed E-state index contributed by atoms with van der Waals surface area (Å²) >= 11 is 0. The third kappa shape index (κ3) is 2.06. The van der Waals surface area contributed by atoms with Gasteiger partial charge in [0.05, 0.1) is 0 Å². The van der Waals surface area contributed by atoms with E-state index < -0.39 is 0 Å². The van der Waals surface area contributed by atoms with Crippen LogP contribution in [0.25, 0.3) is 0 Å². The van der Waals surface area contributed by atoms with Crippen molar-refractivity contribution in [1.82, 2.24) is 9.97 Å². The molecule has 0 atom stereocenters. The van der Waals surface area contributed by atoms with Gasteiger partial charge < -0.3 is 5.32 Å². The van der Waals surface area contributed by atoms with Gasteiger partial charge in [0.15, 0.2) is 0 Å². The van der Waals surface area contributed by atoms with Crippen LogP contribution in [-0.2, 0) is 0 Å². The summed E-state index contributed by atoms with van der Waals surface area (Å²) in [6.45, 7) is 1.92. The fourth-order valence-corrected chi connectivity index (χ4v) is 1.14. The SMILES string of the molecule is Cc1cc(NC2CC2)nc(NN)n1. The monoisotopic (exact) mass is 179 g/mol. The topological polar surface area (TPSA) is 75.9 Å². The molecule has 5 nitrogen and oxygen atoms in total. The number of hydrogen-bond acceptors (Lipinski definition) is 5. The van der Waals surface area contributed by atoms with E-state index in [9.17, 15) is 0 Å². The Balaban J connectivity index is 2.17. The lowest BCUT2D eigenvalue weighted by Crippen LogP contribution is -2.13. The van der Waals surface area contributed by atoms with Crippen LogP contribution in [0.2, 0.25) is 0 Å². The second-order valence-electron chi connectivity index (χ2n) is 3.28.